The Morgan fingerprint density at radius 3 is 2.60 bits per heavy atom. The first kappa shape index (κ1) is 25.8. The second kappa shape index (κ2) is 11.7. The number of nitrogens with zero attached hydrogens (tertiary/aromatic N) is 1. The van der Waals surface area contributed by atoms with E-state index in [1.165, 1.54) is 11.0 Å². The van der Waals surface area contributed by atoms with E-state index in [-0.39, 0.29) is 29.9 Å². The molecule has 1 saturated carbocycles. The van der Waals surface area contributed by atoms with Crippen LogP contribution in [0.15, 0.2) is 18.2 Å². The van der Waals surface area contributed by atoms with Gasteiger partial charge in [0.2, 0.25) is 15.9 Å². The minimum atomic E-state index is -3.61. The predicted molar refractivity (Wildman–Crippen MR) is 127 cm³/mol. The maximum Gasteiger partial charge on any atom is 0.324 e. The lowest BCUT2D eigenvalue weighted by Crippen LogP contribution is -2.37. The Morgan fingerprint density at radius 2 is 1.91 bits per heavy atom. The highest BCUT2D eigenvalue weighted by molar-refractivity contribution is 7.89. The normalized spacial score (nSPS) is 20.2. The van der Waals surface area contributed by atoms with E-state index in [9.17, 15) is 22.4 Å². The second-order valence-corrected chi connectivity index (χ2v) is 11.5. The van der Waals surface area contributed by atoms with Crippen molar-refractivity contribution in [3.05, 3.63) is 29.6 Å². The number of carbonyl (C=O) groups excluding carboxylic acids is 2. The molecule has 3 aliphatic rings. The van der Waals surface area contributed by atoms with Gasteiger partial charge < -0.3 is 14.4 Å². The Morgan fingerprint density at radius 1 is 1.14 bits per heavy atom. The summed E-state index contributed by atoms with van der Waals surface area (Å²) in [5, 5.41) is 2.22. The molecule has 35 heavy (non-hydrogen) atoms. The van der Waals surface area contributed by atoms with Crippen LogP contribution in [0.1, 0.15) is 56.6 Å². The fourth-order valence-corrected chi connectivity index (χ4v) is 5.91. The summed E-state index contributed by atoms with van der Waals surface area (Å²) in [5.41, 5.74) is 0.692. The number of ether oxygens (including phenoxy) is 2. The van der Waals surface area contributed by atoms with Gasteiger partial charge in [-0.3, -0.25) is 10.1 Å². The number of benzene rings is 1. The van der Waals surface area contributed by atoms with Gasteiger partial charge in [-0.05, 0) is 68.1 Å². The Kier molecular flexibility index (Phi) is 8.61. The summed E-state index contributed by atoms with van der Waals surface area (Å²) in [4.78, 5) is 24.3. The molecule has 2 saturated heterocycles. The quantitative estimate of drug-likeness (QED) is 0.311. The van der Waals surface area contributed by atoms with Crippen LogP contribution in [0.4, 0.5) is 9.18 Å². The number of rotatable bonds is 13. The van der Waals surface area contributed by atoms with Crippen molar-refractivity contribution in [2.45, 2.75) is 51.0 Å². The zero-order valence-corrected chi connectivity index (χ0v) is 20.7. The van der Waals surface area contributed by atoms with Gasteiger partial charge in [0.1, 0.15) is 6.54 Å². The molecule has 0 radical (unpaired) electrons. The van der Waals surface area contributed by atoms with E-state index >= 15 is 0 Å². The number of hydrogen-bond donors (Lipinski definition) is 2. The maximum atomic E-state index is 14.4. The van der Waals surface area contributed by atoms with Gasteiger partial charge >= 0.3 is 6.03 Å². The van der Waals surface area contributed by atoms with Crippen LogP contribution < -0.4 is 14.8 Å². The minimum absolute atomic E-state index is 0.0338. The van der Waals surface area contributed by atoms with E-state index in [0.717, 1.165) is 12.8 Å². The largest absolute Gasteiger partial charge is 0.490 e. The number of urea groups is 1. The van der Waals surface area contributed by atoms with E-state index < -0.39 is 27.9 Å². The van der Waals surface area contributed by atoms with Crippen LogP contribution in [0.3, 0.4) is 0 Å². The van der Waals surface area contributed by atoms with Crippen molar-refractivity contribution in [3.63, 3.8) is 0 Å². The van der Waals surface area contributed by atoms with E-state index in [2.05, 4.69) is 10.0 Å². The number of sulfonamides is 1. The number of hydrogen-bond acceptors (Lipinski definition) is 6. The molecule has 4 rings (SSSR count). The SMILES string of the molecule is O=C1CN(CCCCCS(=O)(=O)N[C@@H](c2ccc(F)c(OCC3CC3)c2)C2CCOCC2)C(=O)N1. The molecule has 0 spiro atoms. The third-order valence-electron chi connectivity index (χ3n) is 6.74. The number of imide groups is 1. The van der Waals surface area contributed by atoms with Gasteiger partial charge in [0, 0.05) is 25.8 Å². The molecule has 194 valence electrons. The second-order valence-electron chi connectivity index (χ2n) is 9.64. The van der Waals surface area contributed by atoms with Crippen LogP contribution in [0, 0.1) is 17.7 Å². The van der Waals surface area contributed by atoms with Gasteiger partial charge in [0.15, 0.2) is 11.6 Å². The number of halogens is 1. The van der Waals surface area contributed by atoms with E-state index in [4.69, 9.17) is 9.47 Å². The maximum absolute atomic E-state index is 14.4. The minimum Gasteiger partial charge on any atom is -0.490 e. The Labute approximate surface area is 205 Å². The molecule has 2 heterocycles. The fraction of sp³-hybridized carbons (Fsp3) is 0.667. The summed E-state index contributed by atoms with van der Waals surface area (Å²) >= 11 is 0. The molecule has 0 unspecified atom stereocenters. The molecular weight excluding hydrogens is 477 g/mol. The highest BCUT2D eigenvalue weighted by Gasteiger charge is 2.30. The predicted octanol–water partition coefficient (Wildman–Crippen LogP) is 2.72. The van der Waals surface area contributed by atoms with Gasteiger partial charge in [0.05, 0.1) is 12.4 Å². The van der Waals surface area contributed by atoms with Crippen molar-refractivity contribution in [1.29, 1.82) is 0 Å². The van der Waals surface area contributed by atoms with Crippen LogP contribution in [-0.2, 0) is 19.6 Å². The van der Waals surface area contributed by atoms with Crippen molar-refractivity contribution < 1.29 is 31.9 Å². The molecule has 1 atom stereocenters. The standard InChI is InChI=1S/C24H34FN3O6S/c25-20-7-6-19(14-21(20)34-16-17-4-5-17)23(18-8-11-33-12-9-18)27-35(31,32)13-3-1-2-10-28-15-22(29)26-24(28)30/h6-7,14,17-18,23,27H,1-5,8-13,15-16H2,(H,26,29,30)/t23-/m1/s1. The molecule has 2 N–H and O–H groups in total. The summed E-state index contributed by atoms with van der Waals surface area (Å²) in [6, 6.07) is 3.71. The van der Waals surface area contributed by atoms with E-state index in [0.29, 0.717) is 70.0 Å². The van der Waals surface area contributed by atoms with Crippen molar-refractivity contribution in [1.82, 2.24) is 14.9 Å². The Bertz CT molecular complexity index is 1010. The number of carbonyl (C=O) groups is 2. The van der Waals surface area contributed by atoms with Crippen LogP contribution in [0.5, 0.6) is 5.75 Å². The highest BCUT2D eigenvalue weighted by atomic mass is 32.2. The molecule has 3 fully saturated rings. The zero-order valence-electron chi connectivity index (χ0n) is 19.8. The summed E-state index contributed by atoms with van der Waals surface area (Å²) < 4.78 is 54.3. The van der Waals surface area contributed by atoms with Crippen molar-refractivity contribution in [2.24, 2.45) is 11.8 Å². The first-order valence-electron chi connectivity index (χ1n) is 12.4. The molecule has 1 aromatic carbocycles. The Hall–Kier alpha value is -2.24. The van der Waals surface area contributed by atoms with Gasteiger partial charge in [-0.1, -0.05) is 12.5 Å². The molecular formula is C24H34FN3O6S. The topological polar surface area (TPSA) is 114 Å². The van der Waals surface area contributed by atoms with Gasteiger partial charge in [-0.15, -0.1) is 0 Å². The first-order valence-corrected chi connectivity index (χ1v) is 14.0. The molecule has 0 bridgehead atoms. The summed E-state index contributed by atoms with van der Waals surface area (Å²) in [6.07, 6.45) is 5.25. The Balaban J connectivity index is 1.35. The van der Waals surface area contributed by atoms with Crippen LogP contribution in [0.2, 0.25) is 0 Å². The first-order chi connectivity index (χ1) is 16.8. The highest BCUT2D eigenvalue weighted by Crippen LogP contribution is 2.35. The van der Waals surface area contributed by atoms with Crippen molar-refractivity contribution >= 4 is 22.0 Å². The lowest BCUT2D eigenvalue weighted by Gasteiger charge is -2.31. The van der Waals surface area contributed by atoms with Crippen LogP contribution >= 0.6 is 0 Å². The van der Waals surface area contributed by atoms with Gasteiger partial charge in [-0.25, -0.2) is 22.3 Å². The third-order valence-corrected chi connectivity index (χ3v) is 8.18. The monoisotopic (exact) mass is 511 g/mol. The van der Waals surface area contributed by atoms with E-state index in [1.807, 2.05) is 0 Å². The van der Waals surface area contributed by atoms with Crippen molar-refractivity contribution in [2.75, 3.05) is 38.7 Å². The smallest absolute Gasteiger partial charge is 0.324 e. The number of amides is 3. The lowest BCUT2D eigenvalue weighted by atomic mass is 9.87. The summed E-state index contributed by atoms with van der Waals surface area (Å²) in [5.74, 6) is -0.145. The van der Waals surface area contributed by atoms with Gasteiger partial charge in [0.25, 0.3) is 0 Å². The lowest BCUT2D eigenvalue weighted by molar-refractivity contribution is -0.118. The zero-order chi connectivity index (χ0) is 24.8. The fourth-order valence-electron chi connectivity index (χ4n) is 4.49. The van der Waals surface area contributed by atoms with Crippen molar-refractivity contribution in [3.8, 4) is 5.75 Å². The molecule has 2 aliphatic heterocycles. The summed E-state index contributed by atoms with van der Waals surface area (Å²) in [6.45, 7) is 2.05. The molecule has 9 nitrogen and oxygen atoms in total. The number of unbranched alkanes of at least 4 members (excludes halogenated alkanes) is 2. The van der Waals surface area contributed by atoms with Gasteiger partial charge in [-0.2, -0.15) is 0 Å². The molecule has 3 amide bonds. The molecule has 1 aromatic rings. The average Bonchev–Trinajstić information content (AvgIpc) is 3.60. The average molecular weight is 512 g/mol. The van der Waals surface area contributed by atoms with E-state index in [1.54, 1.807) is 12.1 Å². The molecule has 0 aromatic heterocycles. The number of nitrogens with one attached hydrogen (secondary N) is 2. The van der Waals surface area contributed by atoms with Crippen LogP contribution in [-0.4, -0.2) is 63.9 Å². The summed E-state index contributed by atoms with van der Waals surface area (Å²) in [7, 11) is -3.61. The third kappa shape index (κ3) is 7.62. The molecule has 1 aliphatic carbocycles. The molecule has 11 heteroatoms. The van der Waals surface area contributed by atoms with Crippen LogP contribution in [0.25, 0.3) is 0 Å².